The largest absolute Gasteiger partial charge is 0.478 e. The minimum Gasteiger partial charge on any atom is -0.478 e. The van der Waals surface area contributed by atoms with E-state index in [0.717, 1.165) is 44.6 Å². The summed E-state index contributed by atoms with van der Waals surface area (Å²) in [4.78, 5) is 19.8. The molecule has 0 aliphatic rings. The van der Waals surface area contributed by atoms with Crippen LogP contribution in [0.2, 0.25) is 0 Å². The third-order valence-corrected chi connectivity index (χ3v) is 2.22. The molecule has 92 valence electrons. The van der Waals surface area contributed by atoms with Crippen molar-refractivity contribution in [1.82, 2.24) is 0 Å². The van der Waals surface area contributed by atoms with Gasteiger partial charge < -0.3 is 5.11 Å². The lowest BCUT2D eigenvalue weighted by Crippen LogP contribution is -1.99. The van der Waals surface area contributed by atoms with E-state index in [1.54, 1.807) is 6.08 Å². The summed E-state index contributed by atoms with van der Waals surface area (Å²) in [5.74, 6) is -0.903. The van der Waals surface area contributed by atoms with Crippen LogP contribution in [0.15, 0.2) is 12.2 Å². The van der Waals surface area contributed by atoms with Gasteiger partial charge in [0.1, 0.15) is 0 Å². The quantitative estimate of drug-likeness (QED) is 0.270. The number of carboxylic acid groups (broad SMARTS) is 1. The maximum Gasteiger partial charge on any atom is 0.327 e. The summed E-state index contributed by atoms with van der Waals surface area (Å²) < 4.78 is 0. The maximum atomic E-state index is 10.1. The van der Waals surface area contributed by atoms with E-state index in [4.69, 9.17) is 5.11 Å². The van der Waals surface area contributed by atoms with Crippen molar-refractivity contribution in [1.29, 1.82) is 0 Å². The van der Waals surface area contributed by atoms with E-state index in [1.165, 1.54) is 0 Å². The molecule has 0 aromatic rings. The molecule has 0 radical (unpaired) electrons. The Labute approximate surface area is 95.3 Å². The second-order valence-electron chi connectivity index (χ2n) is 3.71. The zero-order valence-electron chi connectivity index (χ0n) is 9.43. The first-order chi connectivity index (χ1) is 7.63. The summed E-state index contributed by atoms with van der Waals surface area (Å²) >= 11 is 0. The molecule has 0 aliphatic carbocycles. The highest BCUT2D eigenvalue weighted by molar-refractivity contribution is 5.79. The van der Waals surface area contributed by atoms with Crippen molar-refractivity contribution in [3.8, 4) is 0 Å². The number of unbranched alkanes of at least 4 members (excludes halogenated alkanes) is 6. The highest BCUT2D eigenvalue weighted by Crippen LogP contribution is 2.07. The van der Waals surface area contributed by atoms with Gasteiger partial charge in [0, 0.05) is 17.4 Å². The lowest BCUT2D eigenvalue weighted by atomic mass is 10.1. The molecule has 0 aliphatic heterocycles. The third kappa shape index (κ3) is 12.6. The molecule has 0 atom stereocenters. The predicted octanol–water partition coefficient (Wildman–Crippen LogP) is 2.63. The molecule has 16 heavy (non-hydrogen) atoms. The molecule has 0 aromatic heterocycles. The number of hydrogen-bond donors (Lipinski definition) is 1. The van der Waals surface area contributed by atoms with Crippen molar-refractivity contribution < 1.29 is 14.8 Å². The number of carboxylic acids is 1. The Balaban J connectivity index is 3.10. The minimum atomic E-state index is -0.903. The van der Waals surface area contributed by atoms with Gasteiger partial charge in [0.15, 0.2) is 0 Å². The van der Waals surface area contributed by atoms with Gasteiger partial charge in [-0.1, -0.05) is 25.3 Å². The standard InChI is InChI=1S/C11H19NO4/c13-11(14)9-7-5-3-1-2-4-6-8-10-12(15)16/h7,9H,1-6,8,10H2,(H,13,14). The fourth-order valence-electron chi connectivity index (χ4n) is 1.39. The number of nitrogens with zero attached hydrogens (tertiary/aromatic N) is 1. The molecule has 0 aromatic carbocycles. The second kappa shape index (κ2) is 10.1. The van der Waals surface area contributed by atoms with Crippen LogP contribution in [0.25, 0.3) is 0 Å². The predicted molar refractivity (Wildman–Crippen MR) is 61.0 cm³/mol. The highest BCUT2D eigenvalue weighted by Gasteiger charge is 1.96. The molecule has 0 rings (SSSR count). The zero-order valence-corrected chi connectivity index (χ0v) is 9.43. The Morgan fingerprint density at radius 1 is 1.12 bits per heavy atom. The Morgan fingerprint density at radius 3 is 2.25 bits per heavy atom. The normalized spacial score (nSPS) is 10.8. The first-order valence-electron chi connectivity index (χ1n) is 5.64. The first-order valence-corrected chi connectivity index (χ1v) is 5.64. The van der Waals surface area contributed by atoms with Gasteiger partial charge in [-0.15, -0.1) is 0 Å². The molecule has 5 nitrogen and oxygen atoms in total. The van der Waals surface area contributed by atoms with Crippen molar-refractivity contribution >= 4 is 5.97 Å². The van der Waals surface area contributed by atoms with Crippen molar-refractivity contribution in [2.24, 2.45) is 0 Å². The number of aliphatic carboxylic acids is 1. The Hall–Kier alpha value is -1.39. The molecule has 0 spiro atoms. The maximum absolute atomic E-state index is 10.1. The van der Waals surface area contributed by atoms with E-state index in [1.807, 2.05) is 0 Å². The van der Waals surface area contributed by atoms with Gasteiger partial charge in [0.05, 0.1) is 0 Å². The fraction of sp³-hybridized carbons (Fsp3) is 0.727. The van der Waals surface area contributed by atoms with Gasteiger partial charge in [-0.25, -0.2) is 4.79 Å². The van der Waals surface area contributed by atoms with Crippen LogP contribution >= 0.6 is 0 Å². The number of allylic oxidation sites excluding steroid dienone is 1. The number of hydrogen-bond acceptors (Lipinski definition) is 3. The van der Waals surface area contributed by atoms with E-state index in [9.17, 15) is 14.9 Å². The van der Waals surface area contributed by atoms with Crippen molar-refractivity contribution in [2.75, 3.05) is 6.54 Å². The van der Waals surface area contributed by atoms with E-state index in [0.29, 0.717) is 6.42 Å². The molecule has 1 N–H and O–H groups in total. The molecule has 0 unspecified atom stereocenters. The molecule has 0 saturated heterocycles. The molecular formula is C11H19NO4. The summed E-state index contributed by atoms with van der Waals surface area (Å²) in [6.07, 6.45) is 9.32. The molecule has 5 heteroatoms. The Kier molecular flexibility index (Phi) is 9.26. The van der Waals surface area contributed by atoms with Crippen LogP contribution in [0.4, 0.5) is 0 Å². The highest BCUT2D eigenvalue weighted by atomic mass is 16.6. The van der Waals surface area contributed by atoms with E-state index < -0.39 is 5.97 Å². The van der Waals surface area contributed by atoms with Gasteiger partial charge in [-0.05, 0) is 19.3 Å². The van der Waals surface area contributed by atoms with Crippen LogP contribution in [0, 0.1) is 10.1 Å². The molecule has 0 fully saturated rings. The van der Waals surface area contributed by atoms with Gasteiger partial charge in [0.25, 0.3) is 0 Å². The van der Waals surface area contributed by atoms with E-state index in [2.05, 4.69) is 0 Å². The third-order valence-electron chi connectivity index (χ3n) is 2.22. The number of carbonyl (C=O) groups is 1. The summed E-state index contributed by atoms with van der Waals surface area (Å²) in [7, 11) is 0. The van der Waals surface area contributed by atoms with Crippen molar-refractivity contribution in [3.05, 3.63) is 22.3 Å². The van der Waals surface area contributed by atoms with E-state index in [-0.39, 0.29) is 11.5 Å². The van der Waals surface area contributed by atoms with Crippen LogP contribution < -0.4 is 0 Å². The fourth-order valence-corrected chi connectivity index (χ4v) is 1.39. The first kappa shape index (κ1) is 14.6. The van der Waals surface area contributed by atoms with Gasteiger partial charge in [-0.3, -0.25) is 10.1 Å². The average Bonchev–Trinajstić information content (AvgIpc) is 2.20. The van der Waals surface area contributed by atoms with Crippen molar-refractivity contribution in [3.63, 3.8) is 0 Å². The smallest absolute Gasteiger partial charge is 0.327 e. The second-order valence-corrected chi connectivity index (χ2v) is 3.71. The summed E-state index contributed by atoms with van der Waals surface area (Å²) in [5.41, 5.74) is 0. The van der Waals surface area contributed by atoms with Gasteiger partial charge in [0.2, 0.25) is 6.54 Å². The molecular weight excluding hydrogens is 210 g/mol. The Morgan fingerprint density at radius 2 is 1.69 bits per heavy atom. The molecule has 0 saturated carbocycles. The molecule has 0 amide bonds. The van der Waals surface area contributed by atoms with Crippen molar-refractivity contribution in [2.45, 2.75) is 44.9 Å². The van der Waals surface area contributed by atoms with Crippen LogP contribution in [-0.2, 0) is 4.79 Å². The van der Waals surface area contributed by atoms with Crippen LogP contribution in [0.3, 0.4) is 0 Å². The summed E-state index contributed by atoms with van der Waals surface area (Å²) in [6.45, 7) is 0.0708. The average molecular weight is 229 g/mol. The van der Waals surface area contributed by atoms with Crippen LogP contribution in [0.1, 0.15) is 44.9 Å². The number of nitro groups is 1. The van der Waals surface area contributed by atoms with E-state index >= 15 is 0 Å². The molecule has 0 bridgehead atoms. The lowest BCUT2D eigenvalue weighted by Gasteiger charge is -1.98. The lowest BCUT2D eigenvalue weighted by molar-refractivity contribution is -0.480. The SMILES string of the molecule is O=C(O)C=CCCCCCCCC[N+](=O)[O-]. The van der Waals surface area contributed by atoms with Crippen LogP contribution in [-0.4, -0.2) is 22.5 Å². The van der Waals surface area contributed by atoms with Gasteiger partial charge in [-0.2, -0.15) is 0 Å². The monoisotopic (exact) mass is 229 g/mol. The van der Waals surface area contributed by atoms with Crippen LogP contribution in [0.5, 0.6) is 0 Å². The topological polar surface area (TPSA) is 80.4 Å². The Bertz CT molecular complexity index is 238. The summed E-state index contributed by atoms with van der Waals surface area (Å²) in [6, 6.07) is 0. The van der Waals surface area contributed by atoms with Gasteiger partial charge >= 0.3 is 5.97 Å². The number of rotatable bonds is 10. The summed E-state index contributed by atoms with van der Waals surface area (Å²) in [5, 5.41) is 18.3. The zero-order chi connectivity index (χ0) is 12.2. The molecule has 0 heterocycles. The minimum absolute atomic E-state index is 0.0708.